The van der Waals surface area contributed by atoms with Crippen LogP contribution >= 0.6 is 0 Å². The number of rotatable bonds is 10. The molecule has 0 aliphatic heterocycles. The van der Waals surface area contributed by atoms with E-state index in [4.69, 9.17) is 14.6 Å². The summed E-state index contributed by atoms with van der Waals surface area (Å²) in [4.78, 5) is 25.7. The molecule has 0 fully saturated rings. The van der Waals surface area contributed by atoms with Gasteiger partial charge in [0.1, 0.15) is 34.6 Å². The molecule has 1 aromatic heterocycles. The van der Waals surface area contributed by atoms with Gasteiger partial charge < -0.3 is 20.1 Å². The van der Waals surface area contributed by atoms with Crippen molar-refractivity contribution in [3.8, 4) is 5.69 Å². The van der Waals surface area contributed by atoms with Crippen LogP contribution in [0, 0.1) is 17.0 Å². The summed E-state index contributed by atoms with van der Waals surface area (Å²) >= 11 is 0. The van der Waals surface area contributed by atoms with E-state index in [1.807, 2.05) is 51.1 Å². The number of nitrogens with zero attached hydrogens (tertiary/aromatic N) is 2. The number of alkyl carbamates (subject to hydrolysis) is 1. The number of hydrogen-bond acceptors (Lipinski definition) is 6. The normalized spacial score (nSPS) is 13.7. The first-order chi connectivity index (χ1) is 20.3. The Morgan fingerprint density at radius 1 is 0.909 bits per heavy atom. The summed E-state index contributed by atoms with van der Waals surface area (Å²) in [5, 5.41) is 11.0. The van der Waals surface area contributed by atoms with Crippen molar-refractivity contribution in [3.05, 3.63) is 83.2 Å². The molecule has 0 radical (unpaired) electrons. The Balaban J connectivity index is 1.94. The van der Waals surface area contributed by atoms with E-state index >= 15 is 0 Å². The van der Waals surface area contributed by atoms with Gasteiger partial charge in [0, 0.05) is 18.7 Å². The lowest BCUT2D eigenvalue weighted by Crippen LogP contribution is -2.47. The number of halogens is 2. The smallest absolute Gasteiger partial charge is 0.408 e. The minimum Gasteiger partial charge on any atom is -0.458 e. The highest BCUT2D eigenvalue weighted by molar-refractivity contribution is 5.81. The third kappa shape index (κ3) is 10.4. The monoisotopic (exact) mass is 612 g/mol. The van der Waals surface area contributed by atoms with Crippen LogP contribution in [-0.2, 0) is 20.7 Å². The first-order valence-corrected chi connectivity index (χ1v) is 14.9. The Morgan fingerprint density at radius 3 is 2.14 bits per heavy atom. The molecule has 0 aliphatic carbocycles. The van der Waals surface area contributed by atoms with E-state index in [2.05, 4.69) is 10.6 Å². The van der Waals surface area contributed by atoms with Gasteiger partial charge >= 0.3 is 12.1 Å². The maximum Gasteiger partial charge on any atom is 0.408 e. The van der Waals surface area contributed by atoms with Crippen LogP contribution in [0.5, 0.6) is 0 Å². The topological polar surface area (TPSA) is 94.5 Å². The van der Waals surface area contributed by atoms with Crippen LogP contribution in [0.4, 0.5) is 13.6 Å². The van der Waals surface area contributed by atoms with Gasteiger partial charge in [-0.25, -0.2) is 23.1 Å². The van der Waals surface area contributed by atoms with E-state index in [0.717, 1.165) is 29.3 Å². The van der Waals surface area contributed by atoms with Crippen LogP contribution in [0.1, 0.15) is 91.6 Å². The largest absolute Gasteiger partial charge is 0.458 e. The minimum atomic E-state index is -0.972. The highest BCUT2D eigenvalue weighted by Gasteiger charge is 2.33. The predicted molar refractivity (Wildman–Crippen MR) is 167 cm³/mol. The Labute approximate surface area is 259 Å². The van der Waals surface area contributed by atoms with Crippen molar-refractivity contribution >= 4 is 12.1 Å². The van der Waals surface area contributed by atoms with E-state index in [1.165, 1.54) is 4.68 Å². The van der Waals surface area contributed by atoms with Gasteiger partial charge in [0.25, 0.3) is 0 Å². The molecule has 10 heteroatoms. The second kappa shape index (κ2) is 13.9. The van der Waals surface area contributed by atoms with Crippen LogP contribution < -0.4 is 10.6 Å². The number of ether oxygens (including phenoxy) is 2. The zero-order valence-corrected chi connectivity index (χ0v) is 27.3. The third-order valence-electron chi connectivity index (χ3n) is 6.52. The quantitative estimate of drug-likeness (QED) is 0.239. The SMILES string of the molecule is CC(C)(C)OC(=O)N[C@@H](CCN[C@@H](c1nn(-c2cc(F)ccc2F)cc1Cc1ccccc1)C(C)(C)C)C(=O)OC(C)(C)C. The summed E-state index contributed by atoms with van der Waals surface area (Å²) in [6.45, 7) is 16.9. The maximum atomic E-state index is 14.8. The van der Waals surface area contributed by atoms with E-state index < -0.39 is 40.9 Å². The summed E-state index contributed by atoms with van der Waals surface area (Å²) in [6, 6.07) is 11.7. The number of carbonyl (C=O) groups is 2. The average molecular weight is 613 g/mol. The van der Waals surface area contributed by atoms with Crippen molar-refractivity contribution in [1.29, 1.82) is 0 Å². The van der Waals surface area contributed by atoms with Crippen molar-refractivity contribution in [2.24, 2.45) is 5.41 Å². The van der Waals surface area contributed by atoms with Gasteiger partial charge in [0.05, 0.1) is 11.7 Å². The van der Waals surface area contributed by atoms with Crippen LogP contribution in [0.3, 0.4) is 0 Å². The number of aromatic nitrogens is 2. The fraction of sp³-hybridized carbons (Fsp3) is 0.500. The van der Waals surface area contributed by atoms with Gasteiger partial charge in [0.15, 0.2) is 0 Å². The molecule has 240 valence electrons. The molecule has 3 aromatic rings. The second-order valence-corrected chi connectivity index (χ2v) is 14.0. The molecule has 8 nitrogen and oxygen atoms in total. The zero-order valence-electron chi connectivity index (χ0n) is 27.3. The molecule has 0 aliphatic rings. The lowest BCUT2D eigenvalue weighted by atomic mass is 9.83. The van der Waals surface area contributed by atoms with Crippen LogP contribution in [-0.4, -0.2) is 45.6 Å². The van der Waals surface area contributed by atoms with E-state index in [1.54, 1.807) is 47.7 Å². The highest BCUT2D eigenvalue weighted by Crippen LogP contribution is 2.35. The lowest BCUT2D eigenvalue weighted by Gasteiger charge is -2.32. The van der Waals surface area contributed by atoms with Crippen molar-refractivity contribution in [3.63, 3.8) is 0 Å². The van der Waals surface area contributed by atoms with E-state index in [0.29, 0.717) is 18.7 Å². The molecule has 0 saturated heterocycles. The van der Waals surface area contributed by atoms with E-state index in [9.17, 15) is 18.4 Å². The molecule has 2 atom stereocenters. The summed E-state index contributed by atoms with van der Waals surface area (Å²) in [7, 11) is 0. The molecule has 0 spiro atoms. The lowest BCUT2D eigenvalue weighted by molar-refractivity contribution is -0.157. The second-order valence-electron chi connectivity index (χ2n) is 14.0. The first-order valence-electron chi connectivity index (χ1n) is 14.9. The fourth-order valence-electron chi connectivity index (χ4n) is 4.66. The summed E-state index contributed by atoms with van der Waals surface area (Å²) in [5.74, 6) is -1.74. The Hall–Kier alpha value is -3.79. The first kappa shape index (κ1) is 34.7. The van der Waals surface area contributed by atoms with Crippen molar-refractivity contribution in [2.75, 3.05) is 6.54 Å². The van der Waals surface area contributed by atoms with Gasteiger partial charge in [-0.1, -0.05) is 51.1 Å². The van der Waals surface area contributed by atoms with Crippen molar-refractivity contribution in [1.82, 2.24) is 20.4 Å². The molecule has 0 saturated carbocycles. The summed E-state index contributed by atoms with van der Waals surface area (Å²) in [5.41, 5.74) is 0.662. The third-order valence-corrected chi connectivity index (χ3v) is 6.52. The number of hydrogen-bond donors (Lipinski definition) is 2. The zero-order chi connectivity index (χ0) is 32.9. The molecule has 1 amide bonds. The van der Waals surface area contributed by atoms with Crippen LogP contribution in [0.25, 0.3) is 5.69 Å². The minimum absolute atomic E-state index is 0.00442. The maximum absolute atomic E-state index is 14.8. The van der Waals surface area contributed by atoms with Crippen molar-refractivity contribution < 1.29 is 27.8 Å². The van der Waals surface area contributed by atoms with Gasteiger partial charge in [-0.05, 0) is 83.2 Å². The fourth-order valence-corrected chi connectivity index (χ4v) is 4.66. The van der Waals surface area contributed by atoms with Gasteiger partial charge in [-0.2, -0.15) is 5.10 Å². The predicted octanol–water partition coefficient (Wildman–Crippen LogP) is 7.04. The Bertz CT molecular complexity index is 1420. The number of esters is 1. The highest BCUT2D eigenvalue weighted by atomic mass is 19.1. The van der Waals surface area contributed by atoms with Gasteiger partial charge in [-0.3, -0.25) is 0 Å². The molecule has 44 heavy (non-hydrogen) atoms. The number of carbonyl (C=O) groups excluding carboxylic acids is 2. The molecule has 0 unspecified atom stereocenters. The number of nitrogens with one attached hydrogen (secondary N) is 2. The van der Waals surface area contributed by atoms with Gasteiger partial charge in [-0.15, -0.1) is 0 Å². The molecule has 2 N–H and O–H groups in total. The molecular formula is C34H46F2N4O4. The van der Waals surface area contributed by atoms with Crippen LogP contribution in [0.2, 0.25) is 0 Å². The van der Waals surface area contributed by atoms with Gasteiger partial charge in [0.2, 0.25) is 0 Å². The molecule has 2 aromatic carbocycles. The van der Waals surface area contributed by atoms with E-state index in [-0.39, 0.29) is 23.6 Å². The van der Waals surface area contributed by atoms with Crippen molar-refractivity contribution in [2.45, 2.75) is 98.4 Å². The standard InChI is InChI=1S/C34H46F2N4O4/c1-32(2,3)29(37-18-17-26(30(41)43-33(4,5)6)38-31(42)44-34(7,8)9)28-23(19-22-13-11-10-12-14-22)21-40(39-28)27-20-24(35)15-16-25(27)36/h10-16,20-21,26,29,37H,17-19H2,1-9H3,(H,38,42)/t26-,29-/m0/s1. The summed E-state index contributed by atoms with van der Waals surface area (Å²) < 4.78 is 41.3. The Kier molecular flexibility index (Phi) is 10.9. The molecule has 0 bridgehead atoms. The number of amides is 1. The molecular weight excluding hydrogens is 566 g/mol. The average Bonchev–Trinajstić information content (AvgIpc) is 3.27. The van der Waals surface area contributed by atoms with Crippen LogP contribution in [0.15, 0.2) is 54.7 Å². The summed E-state index contributed by atoms with van der Waals surface area (Å²) in [6.07, 6.45) is 1.73. The molecule has 3 rings (SSSR count). The number of benzene rings is 2. The Morgan fingerprint density at radius 2 is 1.55 bits per heavy atom. The molecule has 1 heterocycles.